The predicted octanol–water partition coefficient (Wildman–Crippen LogP) is 2.33. The molecule has 6 heteroatoms. The maximum Gasteiger partial charge on any atom is 0.333 e. The van der Waals surface area contributed by atoms with Gasteiger partial charge in [-0.3, -0.25) is 10.1 Å². The number of anilines is 1. The van der Waals surface area contributed by atoms with Crippen molar-refractivity contribution in [2.45, 2.75) is 39.7 Å². The molecule has 2 rings (SSSR count). The largest absolute Gasteiger partial charge is 0.365 e. The molecular formula is C11H18N4O2. The Kier molecular flexibility index (Phi) is 3.31. The Morgan fingerprint density at radius 3 is 2.82 bits per heavy atom. The van der Waals surface area contributed by atoms with Crippen LogP contribution in [-0.4, -0.2) is 21.2 Å². The number of hydrogen-bond donors (Lipinski definition) is 1. The van der Waals surface area contributed by atoms with Gasteiger partial charge in [-0.2, -0.15) is 5.10 Å². The van der Waals surface area contributed by atoms with Crippen LogP contribution in [0.3, 0.4) is 0 Å². The number of aromatic nitrogens is 2. The molecule has 1 saturated carbocycles. The summed E-state index contributed by atoms with van der Waals surface area (Å²) in [5.74, 6) is 1.37. The lowest BCUT2D eigenvalue weighted by Gasteiger charge is -2.06. The highest BCUT2D eigenvalue weighted by Gasteiger charge is 2.25. The zero-order valence-corrected chi connectivity index (χ0v) is 10.3. The normalized spacial score (nSPS) is 14.9. The van der Waals surface area contributed by atoms with E-state index in [1.807, 2.05) is 6.92 Å². The Morgan fingerprint density at radius 1 is 1.59 bits per heavy atom. The van der Waals surface area contributed by atoms with Crippen molar-refractivity contribution in [3.05, 3.63) is 15.8 Å². The van der Waals surface area contributed by atoms with Gasteiger partial charge in [0.25, 0.3) is 0 Å². The first-order valence-corrected chi connectivity index (χ1v) is 6.09. The van der Waals surface area contributed by atoms with Crippen molar-refractivity contribution in [1.82, 2.24) is 9.78 Å². The lowest BCUT2D eigenvalue weighted by atomic mass is 10.3. The van der Waals surface area contributed by atoms with Crippen LogP contribution < -0.4 is 5.32 Å². The second-order valence-corrected chi connectivity index (χ2v) is 4.51. The molecule has 0 aromatic carbocycles. The van der Waals surface area contributed by atoms with Crippen molar-refractivity contribution in [1.29, 1.82) is 0 Å². The van der Waals surface area contributed by atoms with Crippen molar-refractivity contribution >= 4 is 11.5 Å². The summed E-state index contributed by atoms with van der Waals surface area (Å²) in [6, 6.07) is 0. The first kappa shape index (κ1) is 11.9. The zero-order valence-electron chi connectivity index (χ0n) is 10.3. The quantitative estimate of drug-likeness (QED) is 0.609. The summed E-state index contributed by atoms with van der Waals surface area (Å²) >= 11 is 0. The van der Waals surface area contributed by atoms with E-state index in [0.29, 0.717) is 18.1 Å². The van der Waals surface area contributed by atoms with E-state index in [-0.39, 0.29) is 10.6 Å². The van der Waals surface area contributed by atoms with Gasteiger partial charge in [-0.15, -0.1) is 0 Å². The molecule has 0 amide bonds. The molecule has 0 unspecified atom stereocenters. The Hall–Kier alpha value is -1.59. The Balaban J connectivity index is 2.12. The van der Waals surface area contributed by atoms with Gasteiger partial charge in [-0.1, -0.05) is 12.8 Å². The fourth-order valence-corrected chi connectivity index (χ4v) is 2.00. The van der Waals surface area contributed by atoms with Crippen LogP contribution in [0.5, 0.6) is 0 Å². The molecule has 1 heterocycles. The zero-order chi connectivity index (χ0) is 12.4. The van der Waals surface area contributed by atoms with Crippen molar-refractivity contribution in [2.24, 2.45) is 5.92 Å². The predicted molar refractivity (Wildman–Crippen MR) is 65.1 cm³/mol. The summed E-state index contributed by atoms with van der Waals surface area (Å²) in [7, 11) is 0. The van der Waals surface area contributed by atoms with E-state index in [1.165, 1.54) is 12.8 Å². The van der Waals surface area contributed by atoms with E-state index >= 15 is 0 Å². The van der Waals surface area contributed by atoms with Crippen LogP contribution in [0.2, 0.25) is 0 Å². The van der Waals surface area contributed by atoms with Crippen LogP contribution in [0.25, 0.3) is 0 Å². The smallest absolute Gasteiger partial charge is 0.333 e. The van der Waals surface area contributed by atoms with Crippen LogP contribution >= 0.6 is 0 Å². The molecule has 6 nitrogen and oxygen atoms in total. The molecule has 1 aliphatic rings. The van der Waals surface area contributed by atoms with Crippen LogP contribution in [-0.2, 0) is 6.54 Å². The van der Waals surface area contributed by atoms with Gasteiger partial charge in [0.1, 0.15) is 5.69 Å². The first-order chi connectivity index (χ1) is 8.13. The van der Waals surface area contributed by atoms with Gasteiger partial charge in [0.05, 0.1) is 4.92 Å². The van der Waals surface area contributed by atoms with Crippen molar-refractivity contribution in [2.75, 3.05) is 11.9 Å². The van der Waals surface area contributed by atoms with Crippen LogP contribution in [0, 0.1) is 23.0 Å². The molecule has 0 aliphatic heterocycles. The molecule has 0 radical (unpaired) electrons. The van der Waals surface area contributed by atoms with E-state index in [4.69, 9.17) is 0 Å². The van der Waals surface area contributed by atoms with Gasteiger partial charge in [0.2, 0.25) is 5.82 Å². The molecule has 17 heavy (non-hydrogen) atoms. The van der Waals surface area contributed by atoms with Crippen LogP contribution in [0.1, 0.15) is 31.9 Å². The van der Waals surface area contributed by atoms with Gasteiger partial charge >= 0.3 is 5.69 Å². The second-order valence-electron chi connectivity index (χ2n) is 4.51. The van der Waals surface area contributed by atoms with Gasteiger partial charge in [0.15, 0.2) is 0 Å². The Morgan fingerprint density at radius 2 is 2.29 bits per heavy atom. The minimum Gasteiger partial charge on any atom is -0.365 e. The molecule has 0 atom stereocenters. The number of aryl methyl sites for hydroxylation is 2. The molecule has 1 N–H and O–H groups in total. The maximum atomic E-state index is 11.0. The van der Waals surface area contributed by atoms with Crippen LogP contribution in [0.15, 0.2) is 0 Å². The van der Waals surface area contributed by atoms with E-state index in [9.17, 15) is 10.1 Å². The summed E-state index contributed by atoms with van der Waals surface area (Å²) in [5, 5.41) is 18.3. The molecular weight excluding hydrogens is 220 g/mol. The van der Waals surface area contributed by atoms with Crippen molar-refractivity contribution in [3.63, 3.8) is 0 Å². The third kappa shape index (κ3) is 2.57. The average molecular weight is 238 g/mol. The fraction of sp³-hybridized carbons (Fsp3) is 0.727. The van der Waals surface area contributed by atoms with E-state index in [1.54, 1.807) is 11.6 Å². The molecule has 0 bridgehead atoms. The number of nitrogens with one attached hydrogen (secondary N) is 1. The lowest BCUT2D eigenvalue weighted by molar-refractivity contribution is -0.384. The summed E-state index contributed by atoms with van der Waals surface area (Å²) in [6.07, 6.45) is 3.69. The minimum atomic E-state index is -0.353. The lowest BCUT2D eigenvalue weighted by Crippen LogP contribution is -2.10. The van der Waals surface area contributed by atoms with E-state index in [0.717, 1.165) is 18.9 Å². The Bertz CT molecular complexity index is 423. The first-order valence-electron chi connectivity index (χ1n) is 6.09. The maximum absolute atomic E-state index is 11.0. The molecule has 1 fully saturated rings. The van der Waals surface area contributed by atoms with Gasteiger partial charge in [0, 0.05) is 13.1 Å². The summed E-state index contributed by atoms with van der Waals surface area (Å²) < 4.78 is 1.67. The van der Waals surface area contributed by atoms with Crippen molar-refractivity contribution in [3.8, 4) is 0 Å². The Labute approximate surface area is 100 Å². The van der Waals surface area contributed by atoms with Crippen LogP contribution in [0.4, 0.5) is 11.5 Å². The molecule has 1 aromatic heterocycles. The summed E-state index contributed by atoms with van der Waals surface area (Å²) in [6.45, 7) is 5.04. The molecule has 94 valence electrons. The topological polar surface area (TPSA) is 73.0 Å². The minimum absolute atomic E-state index is 0.114. The SMILES string of the molecule is CCn1nc(C)c([N+](=O)[O-])c1NCCC1CC1. The molecule has 0 saturated heterocycles. The molecule has 0 spiro atoms. The fourth-order valence-electron chi connectivity index (χ4n) is 2.00. The average Bonchev–Trinajstić information content (AvgIpc) is 3.02. The highest BCUT2D eigenvalue weighted by Crippen LogP contribution is 2.33. The summed E-state index contributed by atoms with van der Waals surface area (Å²) in [4.78, 5) is 10.6. The highest BCUT2D eigenvalue weighted by molar-refractivity contribution is 5.59. The van der Waals surface area contributed by atoms with Gasteiger partial charge in [-0.05, 0) is 26.2 Å². The number of nitrogens with zero attached hydrogens (tertiary/aromatic N) is 3. The van der Waals surface area contributed by atoms with E-state index < -0.39 is 0 Å². The van der Waals surface area contributed by atoms with Crippen molar-refractivity contribution < 1.29 is 4.92 Å². The highest BCUT2D eigenvalue weighted by atomic mass is 16.6. The number of nitro groups is 1. The monoisotopic (exact) mass is 238 g/mol. The van der Waals surface area contributed by atoms with Gasteiger partial charge < -0.3 is 5.32 Å². The number of rotatable bonds is 6. The molecule has 1 aliphatic carbocycles. The standard InChI is InChI=1S/C11H18N4O2/c1-3-14-11(12-7-6-9-4-5-9)10(15(16)17)8(2)13-14/h9,12H,3-7H2,1-2H3. The summed E-state index contributed by atoms with van der Waals surface area (Å²) in [5.41, 5.74) is 0.591. The van der Waals surface area contributed by atoms with Gasteiger partial charge in [-0.25, -0.2) is 4.68 Å². The van der Waals surface area contributed by atoms with E-state index in [2.05, 4.69) is 10.4 Å². The third-order valence-corrected chi connectivity index (χ3v) is 3.12. The molecule has 1 aromatic rings. The third-order valence-electron chi connectivity index (χ3n) is 3.12. The number of hydrogen-bond acceptors (Lipinski definition) is 4. The second kappa shape index (κ2) is 4.73.